The van der Waals surface area contributed by atoms with Gasteiger partial charge in [0.15, 0.2) is 0 Å². The number of methoxy groups -OCH3 is 1. The van der Waals surface area contributed by atoms with Crippen LogP contribution in [0.2, 0.25) is 0 Å². The summed E-state index contributed by atoms with van der Waals surface area (Å²) >= 11 is 0. The number of aliphatic hydroxyl groups is 1. The van der Waals surface area contributed by atoms with Crippen LogP contribution in [0, 0.1) is 0 Å². The van der Waals surface area contributed by atoms with Crippen molar-refractivity contribution in [2.75, 3.05) is 19.0 Å². The van der Waals surface area contributed by atoms with Crippen LogP contribution in [0.1, 0.15) is 11.7 Å². The van der Waals surface area contributed by atoms with Crippen molar-refractivity contribution in [3.05, 3.63) is 72.3 Å². The molecule has 0 saturated heterocycles. The van der Waals surface area contributed by atoms with Gasteiger partial charge in [0.25, 0.3) is 0 Å². The number of urea groups is 1. The fraction of sp³-hybridized carbons (Fsp3) is 0.150. The van der Waals surface area contributed by atoms with Gasteiger partial charge in [0.05, 0.1) is 13.2 Å². The lowest BCUT2D eigenvalue weighted by Gasteiger charge is -2.14. The largest absolute Gasteiger partial charge is 0.497 e. The average Bonchev–Trinajstić information content (AvgIpc) is 2.65. The van der Waals surface area contributed by atoms with Gasteiger partial charge >= 0.3 is 6.03 Å². The van der Waals surface area contributed by atoms with E-state index < -0.39 is 6.10 Å². The second-order valence-electron chi connectivity index (χ2n) is 5.69. The van der Waals surface area contributed by atoms with Gasteiger partial charge in [-0.15, -0.1) is 0 Å². The maximum Gasteiger partial charge on any atom is 0.319 e. The summed E-state index contributed by atoms with van der Waals surface area (Å²) in [6.07, 6.45) is -0.777. The molecule has 0 saturated carbocycles. The van der Waals surface area contributed by atoms with E-state index in [0.29, 0.717) is 11.4 Å². The van der Waals surface area contributed by atoms with Gasteiger partial charge in [0, 0.05) is 18.3 Å². The first-order valence-corrected chi connectivity index (χ1v) is 8.01. The van der Waals surface area contributed by atoms with E-state index in [4.69, 9.17) is 4.74 Å². The number of fused-ring (bicyclic) bond motifs is 1. The lowest BCUT2D eigenvalue weighted by molar-refractivity contribution is 0.175. The van der Waals surface area contributed by atoms with Crippen molar-refractivity contribution in [2.45, 2.75) is 6.10 Å². The molecule has 3 rings (SSSR count). The molecule has 5 heteroatoms. The van der Waals surface area contributed by atoms with Gasteiger partial charge in [-0.1, -0.05) is 42.5 Å². The number of rotatable bonds is 5. The maximum absolute atomic E-state index is 12.0. The van der Waals surface area contributed by atoms with Gasteiger partial charge in [-0.3, -0.25) is 0 Å². The lowest BCUT2D eigenvalue weighted by Crippen LogP contribution is -2.32. The summed E-state index contributed by atoms with van der Waals surface area (Å²) in [7, 11) is 1.57. The van der Waals surface area contributed by atoms with Crippen molar-refractivity contribution in [1.29, 1.82) is 0 Å². The molecule has 3 N–H and O–H groups in total. The number of ether oxygens (including phenoxy) is 1. The van der Waals surface area contributed by atoms with Crippen LogP contribution in [0.3, 0.4) is 0 Å². The number of nitrogens with one attached hydrogen (secondary N) is 2. The van der Waals surface area contributed by atoms with Crippen LogP contribution in [0.4, 0.5) is 10.5 Å². The molecule has 0 radical (unpaired) electrons. The van der Waals surface area contributed by atoms with Crippen molar-refractivity contribution < 1.29 is 14.6 Å². The summed E-state index contributed by atoms with van der Waals surface area (Å²) in [5.74, 6) is 0.661. The molecule has 0 aliphatic rings. The average molecular weight is 336 g/mol. The number of anilines is 1. The highest BCUT2D eigenvalue weighted by atomic mass is 16.5. The molecule has 0 aliphatic heterocycles. The normalized spacial score (nSPS) is 11.8. The van der Waals surface area contributed by atoms with Gasteiger partial charge in [0.1, 0.15) is 5.75 Å². The van der Waals surface area contributed by atoms with Gasteiger partial charge < -0.3 is 20.5 Å². The summed E-state index contributed by atoms with van der Waals surface area (Å²) in [6, 6.07) is 20.4. The van der Waals surface area contributed by atoms with Crippen molar-refractivity contribution >= 4 is 22.5 Å². The van der Waals surface area contributed by atoms with E-state index in [0.717, 1.165) is 16.3 Å². The van der Waals surface area contributed by atoms with E-state index in [-0.39, 0.29) is 12.6 Å². The quantitative estimate of drug-likeness (QED) is 0.665. The lowest BCUT2D eigenvalue weighted by atomic mass is 10.0. The molecule has 0 spiro atoms. The van der Waals surface area contributed by atoms with Crippen LogP contribution in [0.5, 0.6) is 5.75 Å². The first-order valence-electron chi connectivity index (χ1n) is 8.01. The van der Waals surface area contributed by atoms with Crippen LogP contribution in [0.15, 0.2) is 66.7 Å². The third-order valence-electron chi connectivity index (χ3n) is 3.94. The molecular formula is C20H20N2O3. The molecule has 0 fully saturated rings. The fourth-order valence-corrected chi connectivity index (χ4v) is 2.60. The van der Waals surface area contributed by atoms with Gasteiger partial charge in [-0.25, -0.2) is 4.79 Å². The van der Waals surface area contributed by atoms with Crippen LogP contribution in [-0.4, -0.2) is 24.8 Å². The number of aliphatic hydroxyl groups excluding tert-OH is 1. The summed E-state index contributed by atoms with van der Waals surface area (Å²) in [6.45, 7) is 0.119. The maximum atomic E-state index is 12.0. The van der Waals surface area contributed by atoms with Crippen LogP contribution >= 0.6 is 0 Å². The Morgan fingerprint density at radius 3 is 2.64 bits per heavy atom. The van der Waals surface area contributed by atoms with E-state index in [1.165, 1.54) is 0 Å². The van der Waals surface area contributed by atoms with Gasteiger partial charge in [-0.2, -0.15) is 0 Å². The predicted octanol–water partition coefficient (Wildman–Crippen LogP) is 3.70. The molecule has 128 valence electrons. The highest BCUT2D eigenvalue weighted by Gasteiger charge is 2.10. The zero-order chi connectivity index (χ0) is 17.6. The van der Waals surface area contributed by atoms with Crippen LogP contribution in [0.25, 0.3) is 10.8 Å². The smallest absolute Gasteiger partial charge is 0.319 e. The summed E-state index contributed by atoms with van der Waals surface area (Å²) in [5, 5.41) is 17.9. The summed E-state index contributed by atoms with van der Waals surface area (Å²) in [5.41, 5.74) is 1.39. The Labute approximate surface area is 146 Å². The van der Waals surface area contributed by atoms with Crippen molar-refractivity contribution in [1.82, 2.24) is 5.32 Å². The van der Waals surface area contributed by atoms with E-state index in [9.17, 15) is 9.90 Å². The Morgan fingerprint density at radius 1 is 1.04 bits per heavy atom. The standard InChI is InChI=1S/C20H20N2O3/c1-25-18-8-4-7-17(12-18)22-20(24)21-13-19(23)16-10-9-14-5-2-3-6-15(14)11-16/h2-12,19,23H,13H2,1H3,(H2,21,22,24). The topological polar surface area (TPSA) is 70.6 Å². The molecule has 0 aliphatic carbocycles. The molecule has 1 unspecified atom stereocenters. The summed E-state index contributed by atoms with van der Waals surface area (Å²) in [4.78, 5) is 12.0. The number of carbonyl (C=O) groups is 1. The molecule has 0 heterocycles. The zero-order valence-corrected chi connectivity index (χ0v) is 13.9. The molecule has 25 heavy (non-hydrogen) atoms. The Hall–Kier alpha value is -3.05. The molecule has 0 bridgehead atoms. The van der Waals surface area contributed by atoms with E-state index in [1.807, 2.05) is 42.5 Å². The molecule has 3 aromatic carbocycles. The van der Waals surface area contributed by atoms with Gasteiger partial charge in [-0.05, 0) is 34.5 Å². The Balaban J connectivity index is 1.58. The molecule has 5 nitrogen and oxygen atoms in total. The highest BCUT2D eigenvalue weighted by Crippen LogP contribution is 2.20. The van der Waals surface area contributed by atoms with Crippen LogP contribution in [-0.2, 0) is 0 Å². The minimum Gasteiger partial charge on any atom is -0.497 e. The second kappa shape index (κ2) is 7.68. The van der Waals surface area contributed by atoms with Crippen molar-refractivity contribution in [2.24, 2.45) is 0 Å². The number of hydrogen-bond acceptors (Lipinski definition) is 3. The number of amides is 2. The molecule has 0 aromatic heterocycles. The van der Waals surface area contributed by atoms with E-state index >= 15 is 0 Å². The minimum atomic E-state index is -0.777. The number of carbonyl (C=O) groups excluding carboxylic acids is 1. The first kappa shape index (κ1) is 16.8. The minimum absolute atomic E-state index is 0.119. The molecule has 1 atom stereocenters. The number of benzene rings is 3. The molecule has 3 aromatic rings. The highest BCUT2D eigenvalue weighted by molar-refractivity contribution is 5.89. The third-order valence-corrected chi connectivity index (χ3v) is 3.94. The molecule has 2 amide bonds. The van der Waals surface area contributed by atoms with Crippen LogP contribution < -0.4 is 15.4 Å². The fourth-order valence-electron chi connectivity index (χ4n) is 2.60. The Bertz CT molecular complexity index is 879. The molecular weight excluding hydrogens is 316 g/mol. The Morgan fingerprint density at radius 2 is 1.84 bits per heavy atom. The predicted molar refractivity (Wildman–Crippen MR) is 98.9 cm³/mol. The van der Waals surface area contributed by atoms with Gasteiger partial charge in [0.2, 0.25) is 0 Å². The summed E-state index contributed by atoms with van der Waals surface area (Å²) < 4.78 is 5.12. The zero-order valence-electron chi connectivity index (χ0n) is 13.9. The third kappa shape index (κ3) is 4.28. The number of hydrogen-bond donors (Lipinski definition) is 3. The second-order valence-corrected chi connectivity index (χ2v) is 5.69. The van der Waals surface area contributed by atoms with Crippen molar-refractivity contribution in [3.8, 4) is 5.75 Å². The Kier molecular flexibility index (Phi) is 5.16. The van der Waals surface area contributed by atoms with Crippen molar-refractivity contribution in [3.63, 3.8) is 0 Å². The van der Waals surface area contributed by atoms with E-state index in [2.05, 4.69) is 10.6 Å². The van der Waals surface area contributed by atoms with E-state index in [1.54, 1.807) is 31.4 Å². The monoisotopic (exact) mass is 336 g/mol. The SMILES string of the molecule is COc1cccc(NC(=O)NCC(O)c2ccc3ccccc3c2)c1. The first-order chi connectivity index (χ1) is 12.2.